The Hall–Kier alpha value is -3.27. The van der Waals surface area contributed by atoms with Crippen LogP contribution in [0.15, 0.2) is 78.9 Å². The molecule has 0 radical (unpaired) electrons. The first kappa shape index (κ1) is 17.5. The fraction of sp³-hybridized carbons (Fsp3) is 0.136. The zero-order chi connectivity index (χ0) is 18.4. The lowest BCUT2D eigenvalue weighted by Crippen LogP contribution is -2.29. The Morgan fingerprint density at radius 1 is 0.769 bits per heavy atom. The van der Waals surface area contributed by atoms with E-state index in [-0.39, 0.29) is 11.9 Å². The molecule has 4 heteroatoms. The van der Waals surface area contributed by atoms with Crippen molar-refractivity contribution in [3.05, 3.63) is 95.6 Å². The highest BCUT2D eigenvalue weighted by atomic mass is 16.5. The van der Waals surface area contributed by atoms with Gasteiger partial charge in [0.15, 0.2) is 11.5 Å². The van der Waals surface area contributed by atoms with Crippen LogP contribution in [0.3, 0.4) is 0 Å². The van der Waals surface area contributed by atoms with Crippen LogP contribution < -0.4 is 14.8 Å². The van der Waals surface area contributed by atoms with Gasteiger partial charge >= 0.3 is 0 Å². The lowest BCUT2D eigenvalue weighted by Gasteiger charge is -2.20. The highest BCUT2D eigenvalue weighted by molar-refractivity contribution is 5.95. The number of benzene rings is 3. The van der Waals surface area contributed by atoms with E-state index >= 15 is 0 Å². The third-order valence-electron chi connectivity index (χ3n) is 4.19. The van der Waals surface area contributed by atoms with Crippen molar-refractivity contribution in [1.29, 1.82) is 0 Å². The van der Waals surface area contributed by atoms with Crippen molar-refractivity contribution in [2.75, 3.05) is 14.2 Å². The maximum Gasteiger partial charge on any atom is 0.252 e. The SMILES string of the molecule is COc1ccc(C(=O)NC(c2ccccc2)c2ccccc2)cc1OC. The number of hydrogen-bond acceptors (Lipinski definition) is 3. The molecule has 0 unspecified atom stereocenters. The Morgan fingerprint density at radius 2 is 1.31 bits per heavy atom. The minimum atomic E-state index is -0.238. The van der Waals surface area contributed by atoms with Gasteiger partial charge in [-0.05, 0) is 29.3 Å². The zero-order valence-corrected chi connectivity index (χ0v) is 14.8. The summed E-state index contributed by atoms with van der Waals surface area (Å²) in [7, 11) is 3.12. The molecule has 1 N–H and O–H groups in total. The van der Waals surface area contributed by atoms with Crippen molar-refractivity contribution in [1.82, 2.24) is 5.32 Å². The maximum absolute atomic E-state index is 12.9. The van der Waals surface area contributed by atoms with Gasteiger partial charge in [-0.2, -0.15) is 0 Å². The summed E-state index contributed by atoms with van der Waals surface area (Å²) in [4.78, 5) is 12.9. The van der Waals surface area contributed by atoms with Gasteiger partial charge in [-0.15, -0.1) is 0 Å². The molecule has 0 aliphatic carbocycles. The van der Waals surface area contributed by atoms with Crippen LogP contribution in [0.2, 0.25) is 0 Å². The lowest BCUT2D eigenvalue weighted by molar-refractivity contribution is 0.0942. The number of carbonyl (C=O) groups is 1. The summed E-state index contributed by atoms with van der Waals surface area (Å²) < 4.78 is 10.5. The highest BCUT2D eigenvalue weighted by Gasteiger charge is 2.18. The largest absolute Gasteiger partial charge is 0.493 e. The molecule has 0 aromatic heterocycles. The summed E-state index contributed by atoms with van der Waals surface area (Å²) in [5, 5.41) is 3.12. The first-order valence-electron chi connectivity index (χ1n) is 8.35. The van der Waals surface area contributed by atoms with E-state index in [9.17, 15) is 4.79 Å². The minimum absolute atomic E-state index is 0.177. The Morgan fingerprint density at radius 3 is 1.81 bits per heavy atom. The molecule has 0 atom stereocenters. The smallest absolute Gasteiger partial charge is 0.252 e. The molecule has 132 valence electrons. The Bertz CT molecular complexity index is 824. The van der Waals surface area contributed by atoms with E-state index in [4.69, 9.17) is 9.47 Å². The number of hydrogen-bond donors (Lipinski definition) is 1. The standard InChI is InChI=1S/C22H21NO3/c1-25-19-14-13-18(15-20(19)26-2)22(24)23-21(16-9-5-3-6-10-16)17-11-7-4-8-12-17/h3-15,21H,1-2H3,(H,23,24). The molecular formula is C22H21NO3. The predicted octanol–water partition coefficient (Wildman–Crippen LogP) is 4.22. The second kappa shape index (κ2) is 8.21. The number of carbonyl (C=O) groups excluding carboxylic acids is 1. The summed E-state index contributed by atoms with van der Waals surface area (Å²) >= 11 is 0. The molecule has 0 aliphatic rings. The monoisotopic (exact) mass is 347 g/mol. The van der Waals surface area contributed by atoms with Gasteiger partial charge in [-0.25, -0.2) is 0 Å². The molecule has 1 amide bonds. The molecule has 0 saturated heterocycles. The van der Waals surface area contributed by atoms with Gasteiger partial charge in [0.25, 0.3) is 5.91 Å². The Balaban J connectivity index is 1.91. The van der Waals surface area contributed by atoms with Gasteiger partial charge in [0.2, 0.25) is 0 Å². The van der Waals surface area contributed by atoms with Crippen molar-refractivity contribution in [2.45, 2.75) is 6.04 Å². The van der Waals surface area contributed by atoms with Crippen LogP contribution in [0, 0.1) is 0 Å². The van der Waals surface area contributed by atoms with E-state index < -0.39 is 0 Å². The van der Waals surface area contributed by atoms with Crippen molar-refractivity contribution in [3.63, 3.8) is 0 Å². The van der Waals surface area contributed by atoms with E-state index in [2.05, 4.69) is 5.32 Å². The number of amides is 1. The molecule has 0 bridgehead atoms. The summed E-state index contributed by atoms with van der Waals surface area (Å²) in [6.07, 6.45) is 0. The van der Waals surface area contributed by atoms with Crippen LogP contribution >= 0.6 is 0 Å². The van der Waals surface area contributed by atoms with E-state index in [1.54, 1.807) is 32.4 Å². The number of methoxy groups -OCH3 is 2. The number of nitrogens with one attached hydrogen (secondary N) is 1. The Kier molecular flexibility index (Phi) is 5.54. The average Bonchev–Trinajstić information content (AvgIpc) is 2.72. The van der Waals surface area contributed by atoms with E-state index in [0.717, 1.165) is 11.1 Å². The molecule has 0 fully saturated rings. The summed E-state index contributed by atoms with van der Waals surface area (Å²) in [5.41, 5.74) is 2.56. The van der Waals surface area contributed by atoms with Gasteiger partial charge in [0.1, 0.15) is 0 Å². The predicted molar refractivity (Wildman–Crippen MR) is 102 cm³/mol. The molecular weight excluding hydrogens is 326 g/mol. The number of rotatable bonds is 6. The van der Waals surface area contributed by atoms with Gasteiger partial charge in [-0.1, -0.05) is 60.7 Å². The molecule has 0 saturated carbocycles. The normalized spacial score (nSPS) is 10.4. The average molecular weight is 347 g/mol. The van der Waals surface area contributed by atoms with Crippen LogP contribution in [0.1, 0.15) is 27.5 Å². The van der Waals surface area contributed by atoms with Crippen molar-refractivity contribution < 1.29 is 14.3 Å². The Labute approximate surface area is 153 Å². The number of ether oxygens (including phenoxy) is 2. The van der Waals surface area contributed by atoms with E-state index in [0.29, 0.717) is 17.1 Å². The lowest BCUT2D eigenvalue weighted by atomic mass is 9.98. The van der Waals surface area contributed by atoms with Crippen molar-refractivity contribution in [3.8, 4) is 11.5 Å². The molecule has 0 heterocycles. The molecule has 0 aliphatic heterocycles. The quantitative estimate of drug-likeness (QED) is 0.726. The topological polar surface area (TPSA) is 47.6 Å². The van der Waals surface area contributed by atoms with E-state index in [1.165, 1.54) is 0 Å². The summed E-state index contributed by atoms with van der Waals surface area (Å²) in [6.45, 7) is 0. The molecule has 3 rings (SSSR count). The first-order chi connectivity index (χ1) is 12.7. The summed E-state index contributed by atoms with van der Waals surface area (Å²) in [5.74, 6) is 0.937. The van der Waals surface area contributed by atoms with Crippen molar-refractivity contribution in [2.24, 2.45) is 0 Å². The first-order valence-corrected chi connectivity index (χ1v) is 8.35. The molecule has 26 heavy (non-hydrogen) atoms. The van der Waals surface area contributed by atoms with E-state index in [1.807, 2.05) is 60.7 Å². The molecule has 3 aromatic carbocycles. The van der Waals surface area contributed by atoms with Gasteiger partial charge in [-0.3, -0.25) is 4.79 Å². The van der Waals surface area contributed by atoms with Crippen LogP contribution in [0.5, 0.6) is 11.5 Å². The van der Waals surface area contributed by atoms with Gasteiger partial charge in [0.05, 0.1) is 20.3 Å². The van der Waals surface area contributed by atoms with Gasteiger partial charge in [0, 0.05) is 5.56 Å². The molecule has 0 spiro atoms. The minimum Gasteiger partial charge on any atom is -0.493 e. The van der Waals surface area contributed by atoms with Gasteiger partial charge < -0.3 is 14.8 Å². The van der Waals surface area contributed by atoms with Crippen LogP contribution in [-0.4, -0.2) is 20.1 Å². The van der Waals surface area contributed by atoms with Crippen molar-refractivity contribution >= 4 is 5.91 Å². The van der Waals surface area contributed by atoms with Crippen LogP contribution in [0.25, 0.3) is 0 Å². The van der Waals surface area contributed by atoms with Crippen LogP contribution in [-0.2, 0) is 0 Å². The van der Waals surface area contributed by atoms with Crippen LogP contribution in [0.4, 0.5) is 0 Å². The maximum atomic E-state index is 12.9. The third kappa shape index (κ3) is 3.86. The molecule has 3 aromatic rings. The summed E-state index contributed by atoms with van der Waals surface area (Å²) in [6, 6.07) is 24.7. The zero-order valence-electron chi connectivity index (χ0n) is 14.8. The third-order valence-corrected chi connectivity index (χ3v) is 4.19. The second-order valence-electron chi connectivity index (χ2n) is 5.80. The fourth-order valence-electron chi connectivity index (χ4n) is 2.84. The highest BCUT2D eigenvalue weighted by Crippen LogP contribution is 2.28. The fourth-order valence-corrected chi connectivity index (χ4v) is 2.84. The molecule has 4 nitrogen and oxygen atoms in total. The second-order valence-corrected chi connectivity index (χ2v) is 5.80.